The van der Waals surface area contributed by atoms with E-state index in [4.69, 9.17) is 5.73 Å². The molecule has 0 aromatic heterocycles. The number of rotatable bonds is 6. The Hall–Kier alpha value is -1.70. The van der Waals surface area contributed by atoms with Gasteiger partial charge in [0.15, 0.2) is 0 Å². The maximum atomic E-state index is 12.3. The number of likely N-dealkylation sites (tertiary alicyclic amines) is 1. The van der Waals surface area contributed by atoms with Gasteiger partial charge in [-0.2, -0.15) is 0 Å². The molecule has 1 aliphatic heterocycles. The summed E-state index contributed by atoms with van der Waals surface area (Å²) in [6.45, 7) is 5.57. The van der Waals surface area contributed by atoms with Crippen molar-refractivity contribution in [1.29, 1.82) is 0 Å². The van der Waals surface area contributed by atoms with Gasteiger partial charge in [-0.3, -0.25) is 4.79 Å². The van der Waals surface area contributed by atoms with Crippen LogP contribution in [-0.2, 0) is 10.0 Å². The monoisotopic (exact) mass is 323 g/mol. The predicted molar refractivity (Wildman–Crippen MR) is 84.9 cm³/mol. The molecule has 1 heterocycles. The summed E-state index contributed by atoms with van der Waals surface area (Å²) in [6, 6.07) is 5.96. The molecule has 1 fully saturated rings. The molecule has 1 aromatic carbocycles. The first-order valence-corrected chi connectivity index (χ1v) is 8.66. The second kappa shape index (κ2) is 7.04. The van der Waals surface area contributed by atoms with Crippen LogP contribution in [0.3, 0.4) is 0 Å². The van der Waals surface area contributed by atoms with E-state index < -0.39 is 10.0 Å². The first-order valence-electron chi connectivity index (χ1n) is 7.18. The van der Waals surface area contributed by atoms with Crippen LogP contribution >= 0.6 is 0 Å². The standard InChI is InChI=1S/C15H21N3O3S/c1-2-8-17-22(20,21)14-5-3-13(4-6-14)15(19)18-9-7-12(10-16)11-18/h2-6,12,17H,1,7-11,16H2. The summed E-state index contributed by atoms with van der Waals surface area (Å²) in [6.07, 6.45) is 2.39. The molecule has 0 radical (unpaired) electrons. The first-order chi connectivity index (χ1) is 10.5. The summed E-state index contributed by atoms with van der Waals surface area (Å²) in [5.74, 6) is 0.269. The maximum absolute atomic E-state index is 12.3. The minimum Gasteiger partial charge on any atom is -0.338 e. The van der Waals surface area contributed by atoms with E-state index in [1.54, 1.807) is 17.0 Å². The lowest BCUT2D eigenvalue weighted by Gasteiger charge is -2.16. The Balaban J connectivity index is 2.09. The minimum absolute atomic E-state index is 0.0843. The summed E-state index contributed by atoms with van der Waals surface area (Å²) in [4.78, 5) is 14.2. The highest BCUT2D eigenvalue weighted by atomic mass is 32.2. The molecule has 120 valence electrons. The van der Waals surface area contributed by atoms with Gasteiger partial charge >= 0.3 is 0 Å². The summed E-state index contributed by atoms with van der Waals surface area (Å²) in [5, 5.41) is 0. The van der Waals surface area contributed by atoms with E-state index in [9.17, 15) is 13.2 Å². The van der Waals surface area contributed by atoms with Crippen LogP contribution < -0.4 is 10.5 Å². The van der Waals surface area contributed by atoms with Gasteiger partial charge in [0.2, 0.25) is 10.0 Å². The second-order valence-corrected chi connectivity index (χ2v) is 7.07. The molecule has 1 amide bonds. The number of sulfonamides is 1. The number of nitrogens with zero attached hydrogens (tertiary/aromatic N) is 1. The Bertz CT molecular complexity index is 641. The van der Waals surface area contributed by atoms with Crippen molar-refractivity contribution in [1.82, 2.24) is 9.62 Å². The van der Waals surface area contributed by atoms with Crippen molar-refractivity contribution < 1.29 is 13.2 Å². The van der Waals surface area contributed by atoms with Crippen LogP contribution in [0.4, 0.5) is 0 Å². The van der Waals surface area contributed by atoms with E-state index in [1.165, 1.54) is 18.2 Å². The normalized spacial score (nSPS) is 18.4. The topological polar surface area (TPSA) is 92.5 Å². The molecule has 0 spiro atoms. The second-order valence-electron chi connectivity index (χ2n) is 5.31. The fraction of sp³-hybridized carbons (Fsp3) is 0.400. The van der Waals surface area contributed by atoms with Crippen molar-refractivity contribution >= 4 is 15.9 Å². The molecular formula is C15H21N3O3S. The van der Waals surface area contributed by atoms with Crippen molar-refractivity contribution in [3.05, 3.63) is 42.5 Å². The zero-order valence-corrected chi connectivity index (χ0v) is 13.2. The number of hydrogen-bond acceptors (Lipinski definition) is 4. The van der Waals surface area contributed by atoms with E-state index >= 15 is 0 Å². The van der Waals surface area contributed by atoms with Gasteiger partial charge in [-0.1, -0.05) is 6.08 Å². The molecule has 1 aliphatic rings. The molecule has 1 saturated heterocycles. The van der Waals surface area contributed by atoms with Gasteiger partial charge in [0.1, 0.15) is 0 Å². The largest absolute Gasteiger partial charge is 0.338 e. The van der Waals surface area contributed by atoms with Gasteiger partial charge in [0.25, 0.3) is 5.91 Å². The third-order valence-electron chi connectivity index (χ3n) is 3.74. The van der Waals surface area contributed by atoms with Crippen LogP contribution in [0.25, 0.3) is 0 Å². The Morgan fingerprint density at radius 2 is 2.09 bits per heavy atom. The van der Waals surface area contributed by atoms with Crippen LogP contribution in [0.5, 0.6) is 0 Å². The molecule has 0 bridgehead atoms. The highest BCUT2D eigenvalue weighted by molar-refractivity contribution is 7.89. The molecule has 0 saturated carbocycles. The molecule has 3 N–H and O–H groups in total. The first kappa shape index (κ1) is 16.7. The Labute approximate surface area is 131 Å². The van der Waals surface area contributed by atoms with Gasteiger partial charge < -0.3 is 10.6 Å². The van der Waals surface area contributed by atoms with Gasteiger partial charge in [0, 0.05) is 25.2 Å². The van der Waals surface area contributed by atoms with Crippen LogP contribution in [0.2, 0.25) is 0 Å². The quantitative estimate of drug-likeness (QED) is 0.749. The van der Waals surface area contributed by atoms with E-state index in [-0.39, 0.29) is 17.3 Å². The van der Waals surface area contributed by atoms with E-state index in [2.05, 4.69) is 11.3 Å². The number of hydrogen-bond donors (Lipinski definition) is 2. The molecule has 2 rings (SSSR count). The van der Waals surface area contributed by atoms with Gasteiger partial charge in [-0.05, 0) is 43.1 Å². The Morgan fingerprint density at radius 1 is 1.41 bits per heavy atom. The molecule has 1 unspecified atom stereocenters. The third kappa shape index (κ3) is 3.73. The average molecular weight is 323 g/mol. The molecule has 6 nitrogen and oxygen atoms in total. The van der Waals surface area contributed by atoms with Crippen LogP contribution in [0, 0.1) is 5.92 Å². The summed E-state index contributed by atoms with van der Waals surface area (Å²) >= 11 is 0. The van der Waals surface area contributed by atoms with Crippen LogP contribution in [-0.4, -0.2) is 45.4 Å². The lowest BCUT2D eigenvalue weighted by Crippen LogP contribution is -2.30. The van der Waals surface area contributed by atoms with Crippen LogP contribution in [0.1, 0.15) is 16.8 Å². The molecule has 1 aromatic rings. The zero-order valence-electron chi connectivity index (χ0n) is 12.4. The van der Waals surface area contributed by atoms with E-state index in [0.717, 1.165) is 6.42 Å². The highest BCUT2D eigenvalue weighted by Gasteiger charge is 2.26. The van der Waals surface area contributed by atoms with Crippen molar-refractivity contribution in [3.8, 4) is 0 Å². The third-order valence-corrected chi connectivity index (χ3v) is 5.18. The van der Waals surface area contributed by atoms with Gasteiger partial charge in [-0.25, -0.2) is 13.1 Å². The maximum Gasteiger partial charge on any atom is 0.253 e. The molecule has 7 heteroatoms. The SMILES string of the molecule is C=CCNS(=O)(=O)c1ccc(C(=O)N2CCC(CN)C2)cc1. The smallest absolute Gasteiger partial charge is 0.253 e. The van der Waals surface area contributed by atoms with Crippen molar-refractivity contribution in [3.63, 3.8) is 0 Å². The van der Waals surface area contributed by atoms with Gasteiger partial charge in [0.05, 0.1) is 4.90 Å². The summed E-state index contributed by atoms with van der Waals surface area (Å²) < 4.78 is 26.3. The highest BCUT2D eigenvalue weighted by Crippen LogP contribution is 2.18. The summed E-state index contributed by atoms with van der Waals surface area (Å²) in [5.41, 5.74) is 6.11. The fourth-order valence-corrected chi connectivity index (χ4v) is 3.42. The summed E-state index contributed by atoms with van der Waals surface area (Å²) in [7, 11) is -3.56. The lowest BCUT2D eigenvalue weighted by atomic mass is 10.1. The molecule has 1 atom stereocenters. The number of benzene rings is 1. The number of amides is 1. The zero-order chi connectivity index (χ0) is 16.2. The van der Waals surface area contributed by atoms with E-state index in [0.29, 0.717) is 31.1 Å². The lowest BCUT2D eigenvalue weighted by molar-refractivity contribution is 0.0787. The van der Waals surface area contributed by atoms with E-state index in [1.807, 2.05) is 0 Å². The molecule has 0 aliphatic carbocycles. The minimum atomic E-state index is -3.56. The van der Waals surface area contributed by atoms with Gasteiger partial charge in [-0.15, -0.1) is 6.58 Å². The van der Waals surface area contributed by atoms with Crippen molar-refractivity contribution in [2.45, 2.75) is 11.3 Å². The molecular weight excluding hydrogens is 302 g/mol. The number of nitrogens with two attached hydrogens (primary N) is 1. The predicted octanol–water partition coefficient (Wildman–Crippen LogP) is 0.572. The fourth-order valence-electron chi connectivity index (χ4n) is 2.42. The number of carbonyl (C=O) groups excluding carboxylic acids is 1. The van der Waals surface area contributed by atoms with Crippen LogP contribution in [0.15, 0.2) is 41.8 Å². The van der Waals surface area contributed by atoms with Crippen molar-refractivity contribution in [2.24, 2.45) is 11.7 Å². The number of nitrogens with one attached hydrogen (secondary N) is 1. The Kier molecular flexibility index (Phi) is 5.33. The average Bonchev–Trinajstić information content (AvgIpc) is 3.01. The number of carbonyl (C=O) groups is 1. The molecule has 22 heavy (non-hydrogen) atoms. The van der Waals surface area contributed by atoms with Crippen molar-refractivity contribution in [2.75, 3.05) is 26.2 Å². The Morgan fingerprint density at radius 3 is 2.64 bits per heavy atom.